The summed E-state index contributed by atoms with van der Waals surface area (Å²) in [5.41, 5.74) is 1.22. The lowest BCUT2D eigenvalue weighted by atomic mass is 9.94. The van der Waals surface area contributed by atoms with Crippen LogP contribution in [0, 0.1) is 0 Å². The van der Waals surface area contributed by atoms with Gasteiger partial charge >= 0.3 is 0 Å². The summed E-state index contributed by atoms with van der Waals surface area (Å²) in [6, 6.07) is 15.7. The Hall–Kier alpha value is -1.67. The Labute approximate surface area is 117 Å². The summed E-state index contributed by atoms with van der Waals surface area (Å²) in [6.45, 7) is 1.37. The number of para-hydroxylation sites is 2. The lowest BCUT2D eigenvalue weighted by molar-refractivity contribution is 0.217. The fraction of sp³-hybridized carbons (Fsp3) is 0.250. The van der Waals surface area contributed by atoms with E-state index in [9.17, 15) is 0 Å². The monoisotopic (exact) mass is 274 g/mol. The molecule has 1 aliphatic rings. The summed E-state index contributed by atoms with van der Waals surface area (Å²) in [6.07, 6.45) is 0.974. The van der Waals surface area contributed by atoms with Gasteiger partial charge in [-0.25, -0.2) is 0 Å². The van der Waals surface area contributed by atoms with E-state index in [0.29, 0.717) is 17.5 Å². The van der Waals surface area contributed by atoms with Crippen molar-refractivity contribution in [3.63, 3.8) is 0 Å². The van der Waals surface area contributed by atoms with Crippen LogP contribution in [-0.2, 0) is 0 Å². The smallest absolute Gasteiger partial charge is 0.137 e. The van der Waals surface area contributed by atoms with Crippen LogP contribution in [0.15, 0.2) is 48.5 Å². The summed E-state index contributed by atoms with van der Waals surface area (Å²) >= 11 is 6.09. The second kappa shape index (κ2) is 5.54. The standard InChI is InChI=1S/C16H15ClO2/c17-14-6-2-4-8-16(14)19-11-12-9-10-18-15-7-3-1-5-13(12)15/h1-8,12H,9-11H2. The van der Waals surface area contributed by atoms with E-state index in [4.69, 9.17) is 21.1 Å². The minimum Gasteiger partial charge on any atom is -0.493 e. The van der Waals surface area contributed by atoms with Gasteiger partial charge in [-0.3, -0.25) is 0 Å². The fourth-order valence-electron chi connectivity index (χ4n) is 2.34. The van der Waals surface area contributed by atoms with E-state index in [1.54, 1.807) is 0 Å². The second-order valence-corrected chi connectivity index (χ2v) is 5.02. The Morgan fingerprint density at radius 2 is 1.89 bits per heavy atom. The van der Waals surface area contributed by atoms with Crippen molar-refractivity contribution in [3.8, 4) is 11.5 Å². The average Bonchev–Trinajstić information content (AvgIpc) is 2.46. The van der Waals surface area contributed by atoms with Crippen LogP contribution in [-0.4, -0.2) is 13.2 Å². The highest BCUT2D eigenvalue weighted by Gasteiger charge is 2.21. The van der Waals surface area contributed by atoms with Crippen molar-refractivity contribution in [2.24, 2.45) is 0 Å². The highest BCUT2D eigenvalue weighted by molar-refractivity contribution is 6.32. The van der Waals surface area contributed by atoms with Crippen LogP contribution in [0.5, 0.6) is 11.5 Å². The van der Waals surface area contributed by atoms with Crippen molar-refractivity contribution in [1.29, 1.82) is 0 Å². The zero-order chi connectivity index (χ0) is 13.1. The molecule has 3 heteroatoms. The molecule has 19 heavy (non-hydrogen) atoms. The molecule has 2 aromatic carbocycles. The van der Waals surface area contributed by atoms with E-state index in [1.165, 1.54) is 5.56 Å². The number of hydrogen-bond acceptors (Lipinski definition) is 2. The zero-order valence-electron chi connectivity index (χ0n) is 10.5. The van der Waals surface area contributed by atoms with Crippen LogP contribution in [0.25, 0.3) is 0 Å². The number of benzene rings is 2. The summed E-state index contributed by atoms with van der Waals surface area (Å²) in [7, 11) is 0. The third-order valence-electron chi connectivity index (χ3n) is 3.36. The van der Waals surface area contributed by atoms with Gasteiger partial charge in [0.05, 0.1) is 18.2 Å². The van der Waals surface area contributed by atoms with Crippen LogP contribution in [0.4, 0.5) is 0 Å². The molecule has 0 spiro atoms. The second-order valence-electron chi connectivity index (χ2n) is 4.61. The Bertz CT molecular complexity index is 568. The van der Waals surface area contributed by atoms with E-state index < -0.39 is 0 Å². The van der Waals surface area contributed by atoms with Gasteiger partial charge in [0.2, 0.25) is 0 Å². The molecule has 2 nitrogen and oxygen atoms in total. The van der Waals surface area contributed by atoms with E-state index in [2.05, 4.69) is 6.07 Å². The first-order chi connectivity index (χ1) is 9.34. The van der Waals surface area contributed by atoms with Crippen molar-refractivity contribution >= 4 is 11.6 Å². The van der Waals surface area contributed by atoms with Gasteiger partial charge in [0, 0.05) is 11.5 Å². The summed E-state index contributed by atoms with van der Waals surface area (Å²) in [5, 5.41) is 0.655. The number of fused-ring (bicyclic) bond motifs is 1. The molecule has 0 aliphatic carbocycles. The molecule has 1 unspecified atom stereocenters. The molecular formula is C16H15ClO2. The highest BCUT2D eigenvalue weighted by atomic mass is 35.5. The molecule has 3 rings (SSSR count). The normalized spacial score (nSPS) is 17.4. The predicted octanol–water partition coefficient (Wildman–Crippen LogP) is 4.29. The molecule has 0 bridgehead atoms. The number of hydrogen-bond donors (Lipinski definition) is 0. The maximum absolute atomic E-state index is 6.09. The topological polar surface area (TPSA) is 18.5 Å². The molecule has 1 atom stereocenters. The molecular weight excluding hydrogens is 260 g/mol. The lowest BCUT2D eigenvalue weighted by Crippen LogP contribution is -2.19. The van der Waals surface area contributed by atoms with E-state index in [1.807, 2.05) is 42.5 Å². The van der Waals surface area contributed by atoms with Gasteiger partial charge in [0.15, 0.2) is 0 Å². The van der Waals surface area contributed by atoms with E-state index in [0.717, 1.165) is 24.5 Å². The first kappa shape index (κ1) is 12.4. The first-order valence-corrected chi connectivity index (χ1v) is 6.81. The summed E-state index contributed by atoms with van der Waals surface area (Å²) in [5.74, 6) is 2.08. The van der Waals surface area contributed by atoms with Crippen molar-refractivity contribution in [2.45, 2.75) is 12.3 Å². The number of rotatable bonds is 3. The van der Waals surface area contributed by atoms with Crippen molar-refractivity contribution in [3.05, 3.63) is 59.1 Å². The highest BCUT2D eigenvalue weighted by Crippen LogP contribution is 2.34. The minimum absolute atomic E-state index is 0.362. The maximum Gasteiger partial charge on any atom is 0.137 e. The SMILES string of the molecule is Clc1ccccc1OCC1CCOc2ccccc21. The average molecular weight is 275 g/mol. The van der Waals surface area contributed by atoms with E-state index >= 15 is 0 Å². The largest absolute Gasteiger partial charge is 0.493 e. The molecule has 0 N–H and O–H groups in total. The van der Waals surface area contributed by atoms with Crippen LogP contribution in [0.3, 0.4) is 0 Å². The van der Waals surface area contributed by atoms with Gasteiger partial charge in [-0.15, -0.1) is 0 Å². The van der Waals surface area contributed by atoms with E-state index in [-0.39, 0.29) is 0 Å². The predicted molar refractivity (Wildman–Crippen MR) is 76.2 cm³/mol. The third-order valence-corrected chi connectivity index (χ3v) is 3.67. The summed E-state index contributed by atoms with van der Waals surface area (Å²) < 4.78 is 11.5. The molecule has 1 heterocycles. The third kappa shape index (κ3) is 2.69. The van der Waals surface area contributed by atoms with Crippen molar-refractivity contribution in [1.82, 2.24) is 0 Å². The van der Waals surface area contributed by atoms with Crippen LogP contribution in [0.2, 0.25) is 5.02 Å². The quantitative estimate of drug-likeness (QED) is 0.831. The fourth-order valence-corrected chi connectivity index (χ4v) is 2.53. The van der Waals surface area contributed by atoms with Gasteiger partial charge in [-0.1, -0.05) is 41.9 Å². The molecule has 2 aromatic rings. The zero-order valence-corrected chi connectivity index (χ0v) is 11.3. The molecule has 0 radical (unpaired) electrons. The molecule has 0 aromatic heterocycles. The van der Waals surface area contributed by atoms with Gasteiger partial charge in [-0.05, 0) is 24.6 Å². The lowest BCUT2D eigenvalue weighted by Gasteiger charge is -2.25. The van der Waals surface area contributed by atoms with Gasteiger partial charge < -0.3 is 9.47 Å². The molecule has 0 amide bonds. The van der Waals surface area contributed by atoms with Gasteiger partial charge in [-0.2, -0.15) is 0 Å². The summed E-state index contributed by atoms with van der Waals surface area (Å²) in [4.78, 5) is 0. The van der Waals surface area contributed by atoms with Crippen LogP contribution in [0.1, 0.15) is 17.9 Å². The maximum atomic E-state index is 6.09. The first-order valence-electron chi connectivity index (χ1n) is 6.43. The van der Waals surface area contributed by atoms with Crippen LogP contribution >= 0.6 is 11.6 Å². The van der Waals surface area contributed by atoms with Gasteiger partial charge in [0.1, 0.15) is 11.5 Å². The van der Waals surface area contributed by atoms with Crippen molar-refractivity contribution < 1.29 is 9.47 Å². The number of halogens is 1. The van der Waals surface area contributed by atoms with Crippen molar-refractivity contribution in [2.75, 3.05) is 13.2 Å². The number of ether oxygens (including phenoxy) is 2. The Morgan fingerprint density at radius 3 is 2.79 bits per heavy atom. The Kier molecular flexibility index (Phi) is 3.60. The molecule has 0 saturated carbocycles. The van der Waals surface area contributed by atoms with Gasteiger partial charge in [0.25, 0.3) is 0 Å². The minimum atomic E-state index is 0.362. The Morgan fingerprint density at radius 1 is 1.11 bits per heavy atom. The van der Waals surface area contributed by atoms with Crippen LogP contribution < -0.4 is 9.47 Å². The molecule has 1 aliphatic heterocycles. The Balaban J connectivity index is 1.73. The molecule has 0 fully saturated rings. The molecule has 0 saturated heterocycles. The molecule has 98 valence electrons.